The number of carbonyl (C=O) groups excluding carboxylic acids is 2. The average molecular weight is 317 g/mol. The van der Waals surface area contributed by atoms with E-state index < -0.39 is 0 Å². The van der Waals surface area contributed by atoms with Crippen molar-refractivity contribution in [2.75, 3.05) is 26.0 Å². The van der Waals surface area contributed by atoms with Crippen LogP contribution in [-0.2, 0) is 17.8 Å². The maximum atomic E-state index is 11.8. The molecule has 3 amide bonds. The van der Waals surface area contributed by atoms with Gasteiger partial charge in [0.1, 0.15) is 6.54 Å². The summed E-state index contributed by atoms with van der Waals surface area (Å²) >= 11 is 0. The van der Waals surface area contributed by atoms with Crippen molar-refractivity contribution >= 4 is 17.8 Å². The number of amides is 3. The maximum absolute atomic E-state index is 11.8. The van der Waals surface area contributed by atoms with Crippen molar-refractivity contribution in [3.05, 3.63) is 36.3 Å². The molecule has 23 heavy (non-hydrogen) atoms. The van der Waals surface area contributed by atoms with Crippen LogP contribution < -0.4 is 10.6 Å². The topological polar surface area (TPSA) is 105 Å². The first-order chi connectivity index (χ1) is 11.0. The number of anilines is 1. The largest absolute Gasteiger partial charge is 0.354 e. The third kappa shape index (κ3) is 5.38. The molecule has 0 saturated heterocycles. The van der Waals surface area contributed by atoms with Crippen LogP contribution in [0.5, 0.6) is 0 Å². The lowest BCUT2D eigenvalue weighted by molar-refractivity contribution is -0.122. The quantitative estimate of drug-likeness (QED) is 0.787. The molecule has 0 saturated carbocycles. The number of nitrogens with one attached hydrogen (secondary N) is 2. The number of pyridine rings is 1. The number of aromatic nitrogens is 4. The van der Waals surface area contributed by atoms with Crippen LogP contribution in [0.2, 0.25) is 0 Å². The molecular weight excluding hydrogens is 298 g/mol. The molecule has 0 radical (unpaired) electrons. The molecular formula is C14H19N7O2. The Morgan fingerprint density at radius 3 is 2.70 bits per heavy atom. The zero-order valence-corrected chi connectivity index (χ0v) is 13.1. The molecule has 0 bridgehead atoms. The minimum atomic E-state index is -0.307. The summed E-state index contributed by atoms with van der Waals surface area (Å²) in [6.45, 7) is 0.516. The van der Waals surface area contributed by atoms with E-state index in [9.17, 15) is 9.59 Å². The highest BCUT2D eigenvalue weighted by Crippen LogP contribution is 2.00. The smallest absolute Gasteiger partial charge is 0.322 e. The molecule has 2 heterocycles. The van der Waals surface area contributed by atoms with Crippen LogP contribution in [-0.4, -0.2) is 57.5 Å². The molecule has 0 atom stereocenters. The van der Waals surface area contributed by atoms with Gasteiger partial charge in [0.25, 0.3) is 0 Å². The highest BCUT2D eigenvalue weighted by molar-refractivity contribution is 5.87. The van der Waals surface area contributed by atoms with Crippen molar-refractivity contribution in [3.8, 4) is 0 Å². The molecule has 0 aromatic carbocycles. The standard InChI is InChI=1S/C14H19N7O2/c1-20(2)14(23)18-12-9-17-21(19-12)10-13(22)16-8-5-11-3-6-15-7-4-11/h3-4,6-7,9H,5,8,10H2,1-2H3,(H,16,22)(H,18,19,23). The second-order valence-corrected chi connectivity index (χ2v) is 5.04. The Labute approximate surface area is 133 Å². The Bertz CT molecular complexity index is 654. The summed E-state index contributed by atoms with van der Waals surface area (Å²) in [7, 11) is 3.24. The number of urea groups is 1. The van der Waals surface area contributed by atoms with Gasteiger partial charge in [0.15, 0.2) is 5.82 Å². The summed E-state index contributed by atoms with van der Waals surface area (Å²) in [6, 6.07) is 3.50. The first-order valence-corrected chi connectivity index (χ1v) is 7.08. The number of hydrogen-bond donors (Lipinski definition) is 2. The highest BCUT2D eigenvalue weighted by atomic mass is 16.2. The fraction of sp³-hybridized carbons (Fsp3) is 0.357. The van der Waals surface area contributed by atoms with E-state index in [2.05, 4.69) is 25.8 Å². The second-order valence-electron chi connectivity index (χ2n) is 5.04. The van der Waals surface area contributed by atoms with Crippen molar-refractivity contribution in [1.82, 2.24) is 30.2 Å². The summed E-state index contributed by atoms with van der Waals surface area (Å²) < 4.78 is 0. The van der Waals surface area contributed by atoms with E-state index in [0.29, 0.717) is 12.4 Å². The van der Waals surface area contributed by atoms with Gasteiger partial charge in [-0.05, 0) is 24.1 Å². The lowest BCUT2D eigenvalue weighted by Gasteiger charge is -2.09. The molecule has 0 unspecified atom stereocenters. The Balaban J connectivity index is 1.75. The van der Waals surface area contributed by atoms with Crippen LogP contribution in [0.25, 0.3) is 0 Å². The highest BCUT2D eigenvalue weighted by Gasteiger charge is 2.09. The lowest BCUT2D eigenvalue weighted by Crippen LogP contribution is -2.30. The minimum Gasteiger partial charge on any atom is -0.354 e. The van der Waals surface area contributed by atoms with E-state index in [1.165, 1.54) is 15.9 Å². The third-order valence-electron chi connectivity index (χ3n) is 2.95. The van der Waals surface area contributed by atoms with Crippen LogP contribution in [0.1, 0.15) is 5.56 Å². The van der Waals surface area contributed by atoms with Gasteiger partial charge in [0.05, 0.1) is 6.20 Å². The molecule has 2 N–H and O–H groups in total. The zero-order valence-electron chi connectivity index (χ0n) is 13.1. The van der Waals surface area contributed by atoms with Crippen molar-refractivity contribution in [3.63, 3.8) is 0 Å². The molecule has 0 aliphatic rings. The first kappa shape index (κ1) is 16.4. The molecule has 9 nitrogen and oxygen atoms in total. The van der Waals surface area contributed by atoms with Gasteiger partial charge >= 0.3 is 6.03 Å². The second kappa shape index (κ2) is 7.87. The Morgan fingerprint density at radius 2 is 2.00 bits per heavy atom. The van der Waals surface area contributed by atoms with Gasteiger partial charge in [-0.1, -0.05) is 0 Å². The van der Waals surface area contributed by atoms with E-state index in [1.807, 2.05) is 12.1 Å². The third-order valence-corrected chi connectivity index (χ3v) is 2.95. The van der Waals surface area contributed by atoms with Gasteiger partial charge in [-0.15, -0.1) is 5.10 Å². The minimum absolute atomic E-state index is 0.00577. The zero-order chi connectivity index (χ0) is 16.7. The number of rotatable bonds is 6. The van der Waals surface area contributed by atoms with E-state index in [1.54, 1.807) is 26.5 Å². The Hall–Kier alpha value is -2.97. The Kier molecular flexibility index (Phi) is 5.61. The van der Waals surface area contributed by atoms with Crippen LogP contribution in [0, 0.1) is 0 Å². The molecule has 0 aliphatic carbocycles. The number of carbonyl (C=O) groups is 2. The molecule has 0 spiro atoms. The maximum Gasteiger partial charge on any atom is 0.322 e. The van der Waals surface area contributed by atoms with Crippen LogP contribution in [0.4, 0.5) is 10.6 Å². The van der Waals surface area contributed by atoms with Crippen LogP contribution >= 0.6 is 0 Å². The fourth-order valence-electron chi connectivity index (χ4n) is 1.73. The predicted octanol–water partition coefficient (Wildman–Crippen LogP) is 0.126. The average Bonchev–Trinajstić information content (AvgIpc) is 2.95. The van der Waals surface area contributed by atoms with Gasteiger partial charge in [-0.3, -0.25) is 15.1 Å². The molecule has 9 heteroatoms. The monoisotopic (exact) mass is 317 g/mol. The summed E-state index contributed by atoms with van der Waals surface area (Å²) in [5.41, 5.74) is 1.10. The van der Waals surface area contributed by atoms with Crippen molar-refractivity contribution in [1.29, 1.82) is 0 Å². The van der Waals surface area contributed by atoms with E-state index in [0.717, 1.165) is 12.0 Å². The van der Waals surface area contributed by atoms with Crippen molar-refractivity contribution in [2.24, 2.45) is 0 Å². The fourth-order valence-corrected chi connectivity index (χ4v) is 1.73. The lowest BCUT2D eigenvalue weighted by atomic mass is 10.2. The van der Waals surface area contributed by atoms with Crippen LogP contribution in [0.15, 0.2) is 30.7 Å². The van der Waals surface area contributed by atoms with Crippen molar-refractivity contribution in [2.45, 2.75) is 13.0 Å². The van der Waals surface area contributed by atoms with Gasteiger partial charge in [-0.25, -0.2) is 4.79 Å². The summed E-state index contributed by atoms with van der Waals surface area (Å²) in [5.74, 6) is 0.105. The van der Waals surface area contributed by atoms with Crippen molar-refractivity contribution < 1.29 is 9.59 Å². The van der Waals surface area contributed by atoms with E-state index >= 15 is 0 Å². The molecule has 2 rings (SSSR count). The van der Waals surface area contributed by atoms with Gasteiger partial charge in [0, 0.05) is 33.0 Å². The van der Waals surface area contributed by atoms with E-state index in [4.69, 9.17) is 0 Å². The summed E-state index contributed by atoms with van der Waals surface area (Å²) in [4.78, 5) is 29.8. The number of hydrogen-bond acceptors (Lipinski definition) is 5. The summed E-state index contributed by atoms with van der Waals surface area (Å²) in [5, 5.41) is 13.3. The SMILES string of the molecule is CN(C)C(=O)Nc1cnn(CC(=O)NCCc2ccncc2)n1. The molecule has 122 valence electrons. The molecule has 2 aromatic heterocycles. The predicted molar refractivity (Wildman–Crippen MR) is 83.7 cm³/mol. The normalized spacial score (nSPS) is 10.2. The van der Waals surface area contributed by atoms with Crippen LogP contribution in [0.3, 0.4) is 0 Å². The molecule has 0 fully saturated rings. The number of nitrogens with zero attached hydrogens (tertiary/aromatic N) is 5. The van der Waals surface area contributed by atoms with Gasteiger partial charge in [-0.2, -0.15) is 9.90 Å². The first-order valence-electron chi connectivity index (χ1n) is 7.08. The molecule has 2 aromatic rings. The summed E-state index contributed by atoms with van der Waals surface area (Å²) in [6.07, 6.45) is 5.55. The van der Waals surface area contributed by atoms with Gasteiger partial charge < -0.3 is 10.2 Å². The van der Waals surface area contributed by atoms with Gasteiger partial charge in [0.2, 0.25) is 5.91 Å². The Morgan fingerprint density at radius 1 is 1.26 bits per heavy atom. The van der Waals surface area contributed by atoms with E-state index in [-0.39, 0.29) is 18.5 Å². The molecule has 0 aliphatic heterocycles.